The van der Waals surface area contributed by atoms with Crippen LogP contribution in [-0.4, -0.2) is 21.2 Å². The number of hydrogen-bond acceptors (Lipinski definition) is 4. The Hall–Kier alpha value is -2.51. The molecule has 0 aromatic heterocycles. The van der Waals surface area contributed by atoms with Crippen molar-refractivity contribution < 1.29 is 20.1 Å². The maximum absolute atomic E-state index is 12.9. The van der Waals surface area contributed by atoms with Gasteiger partial charge in [-0.1, -0.05) is 69.6 Å². The molecule has 1 amide bonds. The molecular weight excluding hydrogens is 591 g/mol. The van der Waals surface area contributed by atoms with E-state index < -0.39 is 5.91 Å². The first-order valence-corrected chi connectivity index (χ1v) is 12.2. The van der Waals surface area contributed by atoms with Gasteiger partial charge in [-0.3, -0.25) is 4.79 Å². The van der Waals surface area contributed by atoms with Gasteiger partial charge in [0, 0.05) is 16.7 Å². The van der Waals surface area contributed by atoms with Crippen molar-refractivity contribution in [3.63, 3.8) is 0 Å². The number of phenols is 3. The molecule has 0 bridgehead atoms. The van der Waals surface area contributed by atoms with Crippen LogP contribution in [0.1, 0.15) is 10.4 Å². The van der Waals surface area contributed by atoms with E-state index in [9.17, 15) is 20.1 Å². The number of nitrogens with two attached hydrogens (primary N) is 1. The maximum atomic E-state index is 12.9. The largest absolute Gasteiger partial charge is 0.508 e. The molecule has 0 unspecified atom stereocenters. The highest BCUT2D eigenvalue weighted by Gasteiger charge is 2.26. The summed E-state index contributed by atoms with van der Waals surface area (Å²) in [6, 6.07) is 10.7. The average molecular weight is 604 g/mol. The van der Waals surface area contributed by atoms with Crippen molar-refractivity contribution in [3.05, 3.63) is 84.2 Å². The van der Waals surface area contributed by atoms with Crippen molar-refractivity contribution in [2.45, 2.75) is 0 Å². The topological polar surface area (TPSA) is 104 Å². The van der Waals surface area contributed by atoms with Crippen LogP contribution in [0.15, 0.2) is 48.5 Å². The average Bonchev–Trinajstić information content (AvgIpc) is 2.71. The van der Waals surface area contributed by atoms with E-state index >= 15 is 0 Å². The van der Waals surface area contributed by atoms with Crippen LogP contribution in [0.4, 0.5) is 0 Å². The van der Waals surface area contributed by atoms with E-state index in [2.05, 4.69) is 0 Å². The summed E-state index contributed by atoms with van der Waals surface area (Å²) in [4.78, 5) is 12.9. The third-order valence-corrected chi connectivity index (χ3v) is 7.08. The minimum absolute atomic E-state index is 0.0244. The van der Waals surface area contributed by atoms with Gasteiger partial charge in [-0.15, -0.1) is 0 Å². The number of hydrogen-bond donors (Lipinski definition) is 4. The molecule has 11 heteroatoms. The van der Waals surface area contributed by atoms with Crippen LogP contribution in [0, 0.1) is 0 Å². The summed E-state index contributed by atoms with van der Waals surface area (Å²) in [6.45, 7) is 0. The first-order valence-electron chi connectivity index (χ1n) is 9.92. The van der Waals surface area contributed by atoms with Crippen LogP contribution in [0.2, 0.25) is 30.1 Å². The molecule has 184 valence electrons. The van der Waals surface area contributed by atoms with Crippen molar-refractivity contribution in [2.24, 2.45) is 5.73 Å². The monoisotopic (exact) mass is 601 g/mol. The minimum atomic E-state index is -0.866. The highest BCUT2D eigenvalue weighted by Crippen LogP contribution is 2.48. The summed E-state index contributed by atoms with van der Waals surface area (Å²) in [5, 5.41) is 30.1. The summed E-state index contributed by atoms with van der Waals surface area (Å²) in [7, 11) is 0. The molecule has 0 saturated carbocycles. The van der Waals surface area contributed by atoms with Crippen molar-refractivity contribution >= 4 is 75.5 Å². The van der Waals surface area contributed by atoms with Gasteiger partial charge in [-0.2, -0.15) is 0 Å². The van der Waals surface area contributed by atoms with Gasteiger partial charge in [0.2, 0.25) is 5.91 Å². The quantitative estimate of drug-likeness (QED) is 0.187. The molecule has 0 aliphatic rings. The number of phenolic OH excluding ortho intramolecular Hbond substituents is 3. The first-order chi connectivity index (χ1) is 16.9. The number of aromatic hydroxyl groups is 3. The SMILES string of the molecule is NC(=O)c1c(-c2c(Cl)cc(O)cc2Cl)cc(-c2c(Cl)cc(O)cc2Cl)cc1-c1c(Cl)cc(O)cc1Cl. The highest BCUT2D eigenvalue weighted by molar-refractivity contribution is 6.42. The Labute approximate surface area is 235 Å². The lowest BCUT2D eigenvalue weighted by Gasteiger charge is -2.20. The third-order valence-electron chi connectivity index (χ3n) is 5.29. The maximum Gasteiger partial charge on any atom is 0.249 e. The van der Waals surface area contributed by atoms with Crippen molar-refractivity contribution in [3.8, 4) is 50.6 Å². The molecular formula is C25H13Cl6NO4. The van der Waals surface area contributed by atoms with E-state index in [0.29, 0.717) is 11.1 Å². The molecule has 0 aliphatic heterocycles. The fraction of sp³-hybridized carbons (Fsp3) is 0. The molecule has 4 aromatic carbocycles. The molecule has 5 nitrogen and oxygen atoms in total. The van der Waals surface area contributed by atoms with E-state index in [4.69, 9.17) is 75.3 Å². The van der Waals surface area contributed by atoms with Gasteiger partial charge >= 0.3 is 0 Å². The second kappa shape index (κ2) is 10.1. The number of benzene rings is 4. The second-order valence-corrected chi connectivity index (χ2v) is 10.1. The molecule has 36 heavy (non-hydrogen) atoms. The Kier molecular flexibility index (Phi) is 7.45. The van der Waals surface area contributed by atoms with Gasteiger partial charge in [-0.25, -0.2) is 0 Å². The zero-order chi connectivity index (χ0) is 26.5. The van der Waals surface area contributed by atoms with Gasteiger partial charge in [0.25, 0.3) is 0 Å². The predicted molar refractivity (Wildman–Crippen MR) is 146 cm³/mol. The summed E-state index contributed by atoms with van der Waals surface area (Å²) in [5.74, 6) is -1.41. The zero-order valence-corrected chi connectivity index (χ0v) is 22.2. The number of amides is 1. The van der Waals surface area contributed by atoms with Crippen LogP contribution < -0.4 is 5.73 Å². The van der Waals surface area contributed by atoms with E-state index in [0.717, 1.165) is 0 Å². The Balaban J connectivity index is 2.23. The molecule has 4 rings (SSSR count). The molecule has 0 saturated heterocycles. The van der Waals surface area contributed by atoms with Gasteiger partial charge in [-0.05, 0) is 65.2 Å². The van der Waals surface area contributed by atoms with E-state index in [1.165, 1.54) is 36.4 Å². The van der Waals surface area contributed by atoms with Crippen molar-refractivity contribution in [1.29, 1.82) is 0 Å². The lowest BCUT2D eigenvalue weighted by molar-refractivity contribution is 0.100. The van der Waals surface area contributed by atoms with Crippen LogP contribution in [-0.2, 0) is 0 Å². The third kappa shape index (κ3) is 4.88. The predicted octanol–water partition coefficient (Wildman–Crippen LogP) is 8.82. The molecule has 0 spiro atoms. The summed E-state index contributed by atoms with van der Waals surface area (Å²) < 4.78 is 0. The van der Waals surface area contributed by atoms with Crippen LogP contribution >= 0.6 is 69.6 Å². The van der Waals surface area contributed by atoms with E-state index in [-0.39, 0.29) is 75.2 Å². The summed E-state index contributed by atoms with van der Waals surface area (Å²) in [5.41, 5.74) is 7.18. The van der Waals surface area contributed by atoms with Gasteiger partial charge in [0.15, 0.2) is 0 Å². The summed E-state index contributed by atoms with van der Waals surface area (Å²) >= 11 is 38.6. The Morgan fingerprint density at radius 2 is 0.806 bits per heavy atom. The fourth-order valence-electron chi connectivity index (χ4n) is 3.92. The standard InChI is InChI=1S/C25H13Cl6NO4/c26-15-3-10(33)4-16(27)21(15)9-1-13(23-17(28)5-11(34)6-18(23)29)22(25(32)36)14(2-9)24-19(30)7-12(35)8-20(24)31/h1-8,33-35H,(H2,32,36). The number of primary amides is 1. The fourth-order valence-corrected chi connectivity index (χ4v) is 5.97. The zero-order valence-electron chi connectivity index (χ0n) is 17.7. The normalized spacial score (nSPS) is 11.1. The minimum Gasteiger partial charge on any atom is -0.508 e. The second-order valence-electron chi connectivity index (χ2n) is 7.66. The van der Waals surface area contributed by atoms with Gasteiger partial charge in [0.1, 0.15) is 17.2 Å². The smallest absolute Gasteiger partial charge is 0.249 e. The van der Waals surface area contributed by atoms with E-state index in [1.54, 1.807) is 12.1 Å². The first kappa shape index (κ1) is 26.6. The van der Waals surface area contributed by atoms with Crippen LogP contribution in [0.25, 0.3) is 33.4 Å². The number of halogens is 6. The molecule has 0 aliphatic carbocycles. The van der Waals surface area contributed by atoms with Gasteiger partial charge in [0.05, 0.1) is 35.7 Å². The lowest BCUT2D eigenvalue weighted by Crippen LogP contribution is -2.15. The molecule has 5 N–H and O–H groups in total. The Bertz CT molecular complexity index is 1420. The number of rotatable bonds is 4. The van der Waals surface area contributed by atoms with Crippen molar-refractivity contribution in [1.82, 2.24) is 0 Å². The van der Waals surface area contributed by atoms with Crippen LogP contribution in [0.3, 0.4) is 0 Å². The van der Waals surface area contributed by atoms with Crippen molar-refractivity contribution in [2.75, 3.05) is 0 Å². The van der Waals surface area contributed by atoms with Gasteiger partial charge < -0.3 is 21.1 Å². The molecule has 0 atom stereocenters. The van der Waals surface area contributed by atoms with E-state index in [1.807, 2.05) is 0 Å². The summed E-state index contributed by atoms with van der Waals surface area (Å²) in [6.07, 6.45) is 0. The number of carbonyl (C=O) groups excluding carboxylic acids is 1. The molecule has 4 aromatic rings. The Morgan fingerprint density at radius 3 is 1.08 bits per heavy atom. The van der Waals surface area contributed by atoms with Crippen LogP contribution in [0.5, 0.6) is 17.2 Å². The number of carbonyl (C=O) groups is 1. The highest BCUT2D eigenvalue weighted by atomic mass is 35.5. The molecule has 0 fully saturated rings. The molecule has 0 radical (unpaired) electrons. The molecule has 0 heterocycles. The Morgan fingerprint density at radius 1 is 0.528 bits per heavy atom. The lowest BCUT2D eigenvalue weighted by atomic mass is 9.87.